The van der Waals surface area contributed by atoms with E-state index in [-0.39, 0.29) is 18.7 Å². The molecule has 0 amide bonds. The highest BCUT2D eigenvalue weighted by Crippen LogP contribution is 2.34. The molecule has 0 saturated carbocycles. The summed E-state index contributed by atoms with van der Waals surface area (Å²) < 4.78 is 93.0. The van der Waals surface area contributed by atoms with Crippen LogP contribution in [0.1, 0.15) is 27.7 Å². The van der Waals surface area contributed by atoms with E-state index in [2.05, 4.69) is 10.1 Å². The summed E-state index contributed by atoms with van der Waals surface area (Å²) in [6.07, 6.45) is -1.98. The van der Waals surface area contributed by atoms with Gasteiger partial charge in [0.15, 0.2) is 0 Å². The van der Waals surface area contributed by atoms with Crippen molar-refractivity contribution < 1.29 is 31.2 Å². The van der Waals surface area contributed by atoms with Gasteiger partial charge in [0, 0.05) is 28.3 Å². The lowest BCUT2D eigenvalue weighted by atomic mass is 9.85. The first-order valence-electron chi connectivity index (χ1n) is 12.7. The van der Waals surface area contributed by atoms with Gasteiger partial charge in [-0.3, -0.25) is 4.90 Å². The molecule has 0 spiro atoms. The maximum atomic E-state index is 15.0. The van der Waals surface area contributed by atoms with Crippen molar-refractivity contribution in [1.82, 2.24) is 19.7 Å². The fourth-order valence-electron chi connectivity index (χ4n) is 4.09. The quantitative estimate of drug-likeness (QED) is 0.306. The van der Waals surface area contributed by atoms with Gasteiger partial charge in [-0.1, -0.05) is 42.5 Å². The Balaban J connectivity index is 1.65. The molecule has 0 aliphatic heterocycles. The second-order valence-corrected chi connectivity index (χ2v) is 8.72. The van der Waals surface area contributed by atoms with E-state index in [1.807, 2.05) is 0 Å². The summed E-state index contributed by atoms with van der Waals surface area (Å²) in [5.41, 5.74) is -1.60. The van der Waals surface area contributed by atoms with Crippen LogP contribution in [0.2, 0.25) is 0 Å². The molecule has 0 radical (unpaired) electrons. The van der Waals surface area contributed by atoms with Gasteiger partial charge < -0.3 is 5.11 Å². The van der Waals surface area contributed by atoms with E-state index in [1.54, 1.807) is 24.3 Å². The summed E-state index contributed by atoms with van der Waals surface area (Å²) in [7, 11) is 0. The van der Waals surface area contributed by atoms with E-state index >= 15 is 0 Å². The lowest BCUT2D eigenvalue weighted by Crippen LogP contribution is -2.50. The summed E-state index contributed by atoms with van der Waals surface area (Å²) >= 11 is 0. The van der Waals surface area contributed by atoms with Gasteiger partial charge in [-0.05, 0) is 48.8 Å². The van der Waals surface area contributed by atoms with Crippen LogP contribution < -0.4 is 0 Å². The molecule has 3 aromatic carbocycles. The van der Waals surface area contributed by atoms with Crippen LogP contribution in [-0.2, 0) is 24.9 Å². The number of hydrogen-bond donors (Lipinski definition) is 1. The Morgan fingerprint density at radius 1 is 1.00 bits per heavy atom. The van der Waals surface area contributed by atoms with Gasteiger partial charge in [-0.25, -0.2) is 18.4 Å². The van der Waals surface area contributed by atoms with E-state index in [1.165, 1.54) is 36.4 Å². The van der Waals surface area contributed by atoms with Crippen LogP contribution in [-0.4, -0.2) is 37.8 Å². The molecule has 0 aliphatic carbocycles. The van der Waals surface area contributed by atoms with Gasteiger partial charge in [0.1, 0.15) is 29.9 Å². The van der Waals surface area contributed by atoms with Crippen molar-refractivity contribution in [3.05, 3.63) is 108 Å². The van der Waals surface area contributed by atoms with Crippen LogP contribution in [0, 0.1) is 11.6 Å². The van der Waals surface area contributed by atoms with Crippen molar-refractivity contribution in [2.24, 2.45) is 0 Å². The van der Waals surface area contributed by atoms with E-state index in [0.29, 0.717) is 22.8 Å². The fraction of sp³-hybridized carbons (Fsp3) is 0.259. The SMILES string of the molecule is [2H]C([2H])([2H])N(Cc1ccc(-c2ccc(C(F)(F)F)cc2)cc1)[C@H](C)[C@](O)(Cn1cncn1)c1ccc(F)cc1F. The highest BCUT2D eigenvalue weighted by molar-refractivity contribution is 5.64. The Hall–Kier alpha value is -3.63. The molecule has 4 rings (SSSR count). The number of aromatic nitrogens is 3. The van der Waals surface area contributed by atoms with E-state index in [0.717, 1.165) is 29.2 Å². The zero-order valence-electron chi connectivity index (χ0n) is 22.6. The Morgan fingerprint density at radius 2 is 1.65 bits per heavy atom. The van der Waals surface area contributed by atoms with Crippen LogP contribution in [0.3, 0.4) is 0 Å². The number of likely N-dealkylation sites (N-methyl/N-ethyl adjacent to an activating group) is 1. The lowest BCUT2D eigenvalue weighted by molar-refractivity contribution is -0.137. The Labute approximate surface area is 215 Å². The highest BCUT2D eigenvalue weighted by Gasteiger charge is 2.41. The van der Waals surface area contributed by atoms with Crippen LogP contribution in [0.15, 0.2) is 79.4 Å². The number of nitrogens with zero attached hydrogens (tertiary/aromatic N) is 4. The molecule has 1 aromatic heterocycles. The minimum absolute atomic E-state index is 0.201. The molecule has 0 unspecified atom stereocenters. The number of benzene rings is 3. The molecule has 1 heterocycles. The number of alkyl halides is 3. The molecule has 0 fully saturated rings. The summed E-state index contributed by atoms with van der Waals surface area (Å²) in [6, 6.07) is 12.5. The normalized spacial score (nSPS) is 16.1. The van der Waals surface area contributed by atoms with Gasteiger partial charge in [-0.2, -0.15) is 18.3 Å². The van der Waals surface area contributed by atoms with Gasteiger partial charge in [0.05, 0.1) is 12.1 Å². The third-order valence-electron chi connectivity index (χ3n) is 6.28. The van der Waals surface area contributed by atoms with Crippen molar-refractivity contribution in [3.8, 4) is 11.1 Å². The number of aliphatic hydroxyl groups is 1. The smallest absolute Gasteiger partial charge is 0.381 e. The molecular formula is C27H25F5N4O. The van der Waals surface area contributed by atoms with Crippen LogP contribution >= 0.6 is 0 Å². The van der Waals surface area contributed by atoms with Crippen molar-refractivity contribution in [2.45, 2.75) is 37.8 Å². The summed E-state index contributed by atoms with van der Waals surface area (Å²) in [4.78, 5) is 4.83. The highest BCUT2D eigenvalue weighted by atomic mass is 19.4. The maximum absolute atomic E-state index is 15.0. The Morgan fingerprint density at radius 3 is 2.19 bits per heavy atom. The average Bonchev–Trinajstić information content (AvgIpc) is 3.39. The lowest BCUT2D eigenvalue weighted by Gasteiger charge is -2.40. The predicted octanol–water partition coefficient (Wildman–Crippen LogP) is 5.65. The van der Waals surface area contributed by atoms with E-state index < -0.39 is 42.0 Å². The fourth-order valence-corrected chi connectivity index (χ4v) is 4.09. The van der Waals surface area contributed by atoms with E-state index in [4.69, 9.17) is 4.11 Å². The molecule has 5 nitrogen and oxygen atoms in total. The molecule has 0 bridgehead atoms. The summed E-state index contributed by atoms with van der Waals surface area (Å²) in [6.45, 7) is -1.91. The zero-order chi connectivity index (χ0) is 29.3. The molecule has 10 heteroatoms. The first-order valence-corrected chi connectivity index (χ1v) is 11.2. The van der Waals surface area contributed by atoms with Crippen molar-refractivity contribution in [1.29, 1.82) is 0 Å². The predicted molar refractivity (Wildman–Crippen MR) is 128 cm³/mol. The number of rotatable bonds is 8. The van der Waals surface area contributed by atoms with Gasteiger partial charge >= 0.3 is 6.18 Å². The third kappa shape index (κ3) is 5.86. The standard InChI is InChI=1S/C27H25F5N4O/c1-18(26(37,15-36-17-33-16-34-36)24-12-11-23(28)13-25(24)29)35(2)14-19-3-5-20(6-4-19)21-7-9-22(10-8-21)27(30,31)32/h3-13,16-18,37H,14-15H2,1-2H3/t18-,26-/m1/s1/i2D3. The summed E-state index contributed by atoms with van der Waals surface area (Å²) in [5.74, 6) is -1.92. The largest absolute Gasteiger partial charge is 0.416 e. The monoisotopic (exact) mass is 519 g/mol. The Kier molecular flexibility index (Phi) is 6.33. The molecule has 0 aliphatic rings. The molecule has 37 heavy (non-hydrogen) atoms. The van der Waals surface area contributed by atoms with Crippen LogP contribution in [0.4, 0.5) is 22.0 Å². The van der Waals surface area contributed by atoms with Crippen molar-refractivity contribution in [3.63, 3.8) is 0 Å². The van der Waals surface area contributed by atoms with Crippen LogP contribution in [0.25, 0.3) is 11.1 Å². The first kappa shape index (κ1) is 22.6. The molecule has 0 saturated heterocycles. The van der Waals surface area contributed by atoms with Gasteiger partial charge in [0.2, 0.25) is 0 Å². The zero-order valence-corrected chi connectivity index (χ0v) is 19.6. The van der Waals surface area contributed by atoms with E-state index in [9.17, 15) is 27.1 Å². The minimum atomic E-state index is -4.45. The average molecular weight is 520 g/mol. The molecule has 194 valence electrons. The van der Waals surface area contributed by atoms with Crippen LogP contribution in [0.5, 0.6) is 0 Å². The number of halogens is 5. The van der Waals surface area contributed by atoms with Crippen molar-refractivity contribution in [2.75, 3.05) is 6.98 Å². The maximum Gasteiger partial charge on any atom is 0.416 e. The second-order valence-electron chi connectivity index (χ2n) is 8.72. The van der Waals surface area contributed by atoms with Crippen molar-refractivity contribution >= 4 is 0 Å². The van der Waals surface area contributed by atoms with Gasteiger partial charge in [-0.15, -0.1) is 0 Å². The topological polar surface area (TPSA) is 54.2 Å². The van der Waals surface area contributed by atoms with Gasteiger partial charge in [0.25, 0.3) is 0 Å². The summed E-state index contributed by atoms with van der Waals surface area (Å²) in [5, 5.41) is 15.8. The Bertz CT molecular complexity index is 1430. The third-order valence-corrected chi connectivity index (χ3v) is 6.28. The molecule has 2 atom stereocenters. The second kappa shape index (κ2) is 10.4. The first-order chi connectivity index (χ1) is 18.7. The minimum Gasteiger partial charge on any atom is -0.381 e. The molecule has 1 N–H and O–H groups in total. The molecule has 4 aromatic rings. The molecular weight excluding hydrogens is 491 g/mol. The number of hydrogen-bond acceptors (Lipinski definition) is 4.